The summed E-state index contributed by atoms with van der Waals surface area (Å²) in [4.78, 5) is 0. The molecule has 0 aromatic carbocycles. The van der Waals surface area contributed by atoms with Crippen molar-refractivity contribution in [3.05, 3.63) is 0 Å². The van der Waals surface area contributed by atoms with Gasteiger partial charge in [-0.2, -0.15) is 4.31 Å². The van der Waals surface area contributed by atoms with Crippen molar-refractivity contribution in [3.63, 3.8) is 0 Å². The number of sulfonamides is 1. The molecule has 3 N–H and O–H groups in total. The van der Waals surface area contributed by atoms with Gasteiger partial charge >= 0.3 is 0 Å². The first-order valence-corrected chi connectivity index (χ1v) is 7.30. The first-order valence-electron chi connectivity index (χ1n) is 5.80. The molecule has 1 heterocycles. The van der Waals surface area contributed by atoms with Gasteiger partial charge in [-0.25, -0.2) is 8.42 Å². The Balaban J connectivity index is 2.77. The lowest BCUT2D eigenvalue weighted by atomic mass is 9.98. The van der Waals surface area contributed by atoms with Crippen LogP contribution in [-0.4, -0.2) is 48.8 Å². The number of nitrogens with two attached hydrogens (primary N) is 1. The molecule has 3 atom stereocenters. The van der Waals surface area contributed by atoms with Crippen LogP contribution in [0.2, 0.25) is 0 Å². The van der Waals surface area contributed by atoms with Gasteiger partial charge in [0.2, 0.25) is 10.0 Å². The highest BCUT2D eigenvalue weighted by Gasteiger charge is 2.35. The number of piperidine rings is 1. The van der Waals surface area contributed by atoms with E-state index in [1.54, 1.807) is 0 Å². The molecule has 0 bridgehead atoms. The molecule has 0 radical (unpaired) electrons. The third-order valence-electron chi connectivity index (χ3n) is 3.38. The van der Waals surface area contributed by atoms with Crippen LogP contribution in [0.5, 0.6) is 0 Å². The lowest BCUT2D eigenvalue weighted by Crippen LogP contribution is -2.50. The van der Waals surface area contributed by atoms with Gasteiger partial charge in [0.15, 0.2) is 0 Å². The van der Waals surface area contributed by atoms with Crippen molar-refractivity contribution >= 4 is 10.0 Å². The number of aliphatic hydroxyl groups is 1. The van der Waals surface area contributed by atoms with E-state index < -0.39 is 21.4 Å². The van der Waals surface area contributed by atoms with Crippen LogP contribution < -0.4 is 5.73 Å². The maximum absolute atomic E-state index is 12.1. The number of aliphatic hydroxyl groups excluding tert-OH is 1. The lowest BCUT2D eigenvalue weighted by molar-refractivity contribution is 0.0601. The van der Waals surface area contributed by atoms with Crippen LogP contribution in [0.15, 0.2) is 0 Å². The topological polar surface area (TPSA) is 83.6 Å². The quantitative estimate of drug-likeness (QED) is 0.721. The Hall–Kier alpha value is -0.170. The van der Waals surface area contributed by atoms with Gasteiger partial charge < -0.3 is 10.8 Å². The first kappa shape index (κ1) is 13.9. The van der Waals surface area contributed by atoms with E-state index >= 15 is 0 Å². The average molecular weight is 250 g/mol. The number of β-amino-alcohol motifs (C(OH)–C–C–N with tert-alkyl or cyclic N) is 1. The van der Waals surface area contributed by atoms with Crippen LogP contribution in [0.1, 0.15) is 26.7 Å². The molecule has 96 valence electrons. The van der Waals surface area contributed by atoms with Crippen molar-refractivity contribution in [1.82, 2.24) is 4.31 Å². The van der Waals surface area contributed by atoms with Gasteiger partial charge in [-0.3, -0.25) is 0 Å². The average Bonchev–Trinajstić information content (AvgIpc) is 2.23. The Bertz CT molecular complexity index is 314. The molecule has 1 rings (SSSR count). The molecule has 0 aliphatic carbocycles. The number of hydrogen-bond acceptors (Lipinski definition) is 4. The second kappa shape index (κ2) is 5.44. The van der Waals surface area contributed by atoms with E-state index in [2.05, 4.69) is 0 Å². The molecule has 3 unspecified atom stereocenters. The smallest absolute Gasteiger partial charge is 0.218 e. The fourth-order valence-corrected chi connectivity index (χ4v) is 3.77. The summed E-state index contributed by atoms with van der Waals surface area (Å²) in [6, 6.07) is 0. The van der Waals surface area contributed by atoms with Crippen molar-refractivity contribution in [2.75, 3.05) is 19.6 Å². The lowest BCUT2D eigenvalue weighted by Gasteiger charge is -2.35. The van der Waals surface area contributed by atoms with Crippen LogP contribution in [0.25, 0.3) is 0 Å². The van der Waals surface area contributed by atoms with Crippen molar-refractivity contribution in [2.45, 2.75) is 38.0 Å². The number of nitrogens with zero attached hydrogens (tertiary/aromatic N) is 1. The third-order valence-corrected chi connectivity index (χ3v) is 5.80. The standard InChI is InChI=1S/C10H22N2O3S/c1-3-9(6-11)16(14,15)12-5-4-8(2)10(13)7-12/h8-10,13H,3-7,11H2,1-2H3. The zero-order chi connectivity index (χ0) is 12.3. The van der Waals surface area contributed by atoms with Gasteiger partial charge in [0.05, 0.1) is 11.4 Å². The molecule has 0 spiro atoms. The number of rotatable bonds is 4. The largest absolute Gasteiger partial charge is 0.391 e. The molecule has 5 nitrogen and oxygen atoms in total. The fourth-order valence-electron chi connectivity index (χ4n) is 1.96. The zero-order valence-corrected chi connectivity index (χ0v) is 10.8. The Morgan fingerprint density at radius 3 is 2.62 bits per heavy atom. The van der Waals surface area contributed by atoms with Gasteiger partial charge in [-0.15, -0.1) is 0 Å². The van der Waals surface area contributed by atoms with Crippen LogP contribution in [0.3, 0.4) is 0 Å². The van der Waals surface area contributed by atoms with Gasteiger partial charge in [0, 0.05) is 19.6 Å². The minimum Gasteiger partial charge on any atom is -0.391 e. The molecular weight excluding hydrogens is 228 g/mol. The molecule has 0 aromatic rings. The van der Waals surface area contributed by atoms with E-state index in [-0.39, 0.29) is 19.0 Å². The predicted molar refractivity (Wildman–Crippen MR) is 63.4 cm³/mol. The molecule has 0 saturated carbocycles. The van der Waals surface area contributed by atoms with E-state index in [9.17, 15) is 13.5 Å². The van der Waals surface area contributed by atoms with Crippen LogP contribution in [0.4, 0.5) is 0 Å². The van der Waals surface area contributed by atoms with Gasteiger partial charge in [0.25, 0.3) is 0 Å². The zero-order valence-electron chi connectivity index (χ0n) is 9.96. The SMILES string of the molecule is CCC(CN)S(=O)(=O)N1CCC(C)C(O)C1. The number of hydrogen-bond donors (Lipinski definition) is 2. The maximum atomic E-state index is 12.1. The molecular formula is C10H22N2O3S. The van der Waals surface area contributed by atoms with Crippen LogP contribution in [0, 0.1) is 5.92 Å². The Labute approximate surface area is 97.7 Å². The van der Waals surface area contributed by atoms with Crippen molar-refractivity contribution in [3.8, 4) is 0 Å². The van der Waals surface area contributed by atoms with Crippen molar-refractivity contribution < 1.29 is 13.5 Å². The van der Waals surface area contributed by atoms with E-state index in [1.807, 2.05) is 13.8 Å². The normalized spacial score (nSPS) is 30.2. The molecule has 1 aliphatic rings. The summed E-state index contributed by atoms with van der Waals surface area (Å²) < 4.78 is 25.7. The highest BCUT2D eigenvalue weighted by molar-refractivity contribution is 7.89. The third kappa shape index (κ3) is 2.74. The summed E-state index contributed by atoms with van der Waals surface area (Å²) in [5, 5.41) is 9.18. The summed E-state index contributed by atoms with van der Waals surface area (Å²) in [5.74, 6) is 0.171. The second-order valence-corrected chi connectivity index (χ2v) is 6.72. The monoisotopic (exact) mass is 250 g/mol. The molecule has 1 aliphatic heterocycles. The van der Waals surface area contributed by atoms with E-state index in [0.29, 0.717) is 19.4 Å². The van der Waals surface area contributed by atoms with Crippen molar-refractivity contribution in [2.24, 2.45) is 11.7 Å². The summed E-state index contributed by atoms with van der Waals surface area (Å²) in [6.45, 7) is 4.60. The van der Waals surface area contributed by atoms with E-state index in [1.165, 1.54) is 4.31 Å². The van der Waals surface area contributed by atoms with Gasteiger partial charge in [-0.1, -0.05) is 13.8 Å². The maximum Gasteiger partial charge on any atom is 0.218 e. The molecule has 6 heteroatoms. The minimum absolute atomic E-state index is 0.140. The fraction of sp³-hybridized carbons (Fsp3) is 1.00. The molecule has 16 heavy (non-hydrogen) atoms. The van der Waals surface area contributed by atoms with E-state index in [4.69, 9.17) is 5.73 Å². The summed E-state index contributed by atoms with van der Waals surface area (Å²) in [6.07, 6.45) is 0.668. The molecule has 0 aromatic heterocycles. The first-order chi connectivity index (χ1) is 7.43. The Morgan fingerprint density at radius 2 is 2.19 bits per heavy atom. The van der Waals surface area contributed by atoms with Crippen molar-refractivity contribution in [1.29, 1.82) is 0 Å². The Morgan fingerprint density at radius 1 is 1.56 bits per heavy atom. The molecule has 1 saturated heterocycles. The summed E-state index contributed by atoms with van der Waals surface area (Å²) in [7, 11) is -3.33. The molecule has 0 amide bonds. The summed E-state index contributed by atoms with van der Waals surface area (Å²) >= 11 is 0. The van der Waals surface area contributed by atoms with Gasteiger partial charge in [0.1, 0.15) is 0 Å². The van der Waals surface area contributed by atoms with Crippen LogP contribution >= 0.6 is 0 Å². The second-order valence-electron chi connectivity index (χ2n) is 4.50. The summed E-state index contributed by atoms with van der Waals surface area (Å²) in [5.41, 5.74) is 5.47. The Kier molecular flexibility index (Phi) is 4.73. The highest BCUT2D eigenvalue weighted by Crippen LogP contribution is 2.22. The minimum atomic E-state index is -3.33. The highest BCUT2D eigenvalue weighted by atomic mass is 32.2. The van der Waals surface area contributed by atoms with Gasteiger partial charge in [-0.05, 0) is 18.8 Å². The van der Waals surface area contributed by atoms with Crippen LogP contribution in [-0.2, 0) is 10.0 Å². The van der Waals surface area contributed by atoms with E-state index in [0.717, 1.165) is 0 Å². The molecule has 1 fully saturated rings. The predicted octanol–water partition coefficient (Wildman–Crippen LogP) is -0.244.